The van der Waals surface area contributed by atoms with Crippen molar-refractivity contribution in [3.63, 3.8) is 0 Å². The van der Waals surface area contributed by atoms with E-state index in [9.17, 15) is 0 Å². The van der Waals surface area contributed by atoms with Crippen molar-refractivity contribution in [3.8, 4) is 11.6 Å². The number of benzene rings is 1. The van der Waals surface area contributed by atoms with Gasteiger partial charge in [-0.3, -0.25) is 0 Å². The van der Waals surface area contributed by atoms with Gasteiger partial charge < -0.3 is 15.4 Å². The van der Waals surface area contributed by atoms with Crippen LogP contribution < -0.4 is 15.4 Å². The first kappa shape index (κ1) is 12.3. The van der Waals surface area contributed by atoms with Crippen LogP contribution >= 0.6 is 0 Å². The van der Waals surface area contributed by atoms with Crippen LogP contribution in [0.3, 0.4) is 0 Å². The van der Waals surface area contributed by atoms with Crippen LogP contribution in [0.15, 0.2) is 42.7 Å². The van der Waals surface area contributed by atoms with Gasteiger partial charge >= 0.3 is 0 Å². The Hall–Kier alpha value is -2.76. The summed E-state index contributed by atoms with van der Waals surface area (Å²) in [4.78, 5) is 6.34. The van der Waals surface area contributed by atoms with Gasteiger partial charge in [0.2, 0.25) is 5.88 Å². The van der Waals surface area contributed by atoms with Crippen LogP contribution in [-0.2, 0) is 0 Å². The number of fused-ring (bicyclic) bond motifs is 1. The molecule has 0 amide bonds. The second kappa shape index (κ2) is 4.73. The largest absolute Gasteiger partial charge is 0.437 e. The van der Waals surface area contributed by atoms with Crippen molar-refractivity contribution in [1.29, 1.82) is 0 Å². The maximum atomic E-state index is 5.94. The highest BCUT2D eigenvalue weighted by Gasteiger charge is 2.07. The maximum Gasteiger partial charge on any atom is 0.222 e. The van der Waals surface area contributed by atoms with Gasteiger partial charge in [-0.25, -0.2) is 4.52 Å². The first-order valence-electron chi connectivity index (χ1n) is 6.18. The quantitative estimate of drug-likeness (QED) is 0.738. The predicted molar refractivity (Wildman–Crippen MR) is 78.2 cm³/mol. The standard InChI is InChI=1S/C14H15N5O/c1-18(2)10-3-4-11(15)12(9-10)20-14-6-8-19-13(17-14)5-7-16-19/h3-9H,15H2,1-2H3. The van der Waals surface area contributed by atoms with E-state index in [1.165, 1.54) is 0 Å². The van der Waals surface area contributed by atoms with Crippen LogP contribution in [0.5, 0.6) is 11.6 Å². The third-order valence-electron chi connectivity index (χ3n) is 2.96. The summed E-state index contributed by atoms with van der Waals surface area (Å²) in [5.74, 6) is 1.08. The molecule has 0 bridgehead atoms. The molecule has 0 aliphatic carbocycles. The number of hydrogen-bond donors (Lipinski definition) is 1. The molecule has 6 nitrogen and oxygen atoms in total. The molecule has 0 aliphatic rings. The van der Waals surface area contributed by atoms with E-state index in [0.29, 0.717) is 17.3 Å². The van der Waals surface area contributed by atoms with E-state index in [4.69, 9.17) is 10.5 Å². The number of rotatable bonds is 3. The average molecular weight is 269 g/mol. The number of nitrogen functional groups attached to an aromatic ring is 1. The fraction of sp³-hybridized carbons (Fsp3) is 0.143. The van der Waals surface area contributed by atoms with E-state index in [1.54, 1.807) is 23.0 Å². The Balaban J connectivity index is 1.95. The highest BCUT2D eigenvalue weighted by molar-refractivity contribution is 5.62. The molecule has 0 aliphatic heterocycles. The average Bonchev–Trinajstić information content (AvgIpc) is 2.88. The predicted octanol–water partition coefficient (Wildman–Crippen LogP) is 2.17. The van der Waals surface area contributed by atoms with Crippen LogP contribution in [0, 0.1) is 0 Å². The molecule has 6 heteroatoms. The number of aromatic nitrogens is 3. The molecule has 3 aromatic rings. The van der Waals surface area contributed by atoms with Gasteiger partial charge in [0.05, 0.1) is 11.9 Å². The fourth-order valence-corrected chi connectivity index (χ4v) is 1.85. The molecule has 20 heavy (non-hydrogen) atoms. The van der Waals surface area contributed by atoms with Crippen molar-refractivity contribution in [2.45, 2.75) is 0 Å². The second-order valence-electron chi connectivity index (χ2n) is 4.62. The zero-order valence-electron chi connectivity index (χ0n) is 11.3. The topological polar surface area (TPSA) is 68.7 Å². The van der Waals surface area contributed by atoms with Gasteiger partial charge in [0, 0.05) is 44.2 Å². The molecule has 0 fully saturated rings. The second-order valence-corrected chi connectivity index (χ2v) is 4.62. The minimum atomic E-state index is 0.487. The van der Waals surface area contributed by atoms with Gasteiger partial charge in [0.1, 0.15) is 0 Å². The highest BCUT2D eigenvalue weighted by Crippen LogP contribution is 2.30. The van der Waals surface area contributed by atoms with E-state index in [1.807, 2.05) is 43.3 Å². The zero-order valence-corrected chi connectivity index (χ0v) is 11.3. The third-order valence-corrected chi connectivity index (χ3v) is 2.96. The molecule has 102 valence electrons. The van der Waals surface area contributed by atoms with Crippen LogP contribution in [0.1, 0.15) is 0 Å². The van der Waals surface area contributed by atoms with Gasteiger partial charge in [-0.1, -0.05) is 0 Å². The molecule has 0 atom stereocenters. The van der Waals surface area contributed by atoms with E-state index >= 15 is 0 Å². The molecule has 3 rings (SSSR count). The summed E-state index contributed by atoms with van der Waals surface area (Å²) in [6.45, 7) is 0. The maximum absolute atomic E-state index is 5.94. The summed E-state index contributed by atoms with van der Waals surface area (Å²) in [5.41, 5.74) is 8.26. The Bertz CT molecular complexity index is 750. The Labute approximate surface area is 116 Å². The van der Waals surface area contributed by atoms with Gasteiger partial charge in [-0.15, -0.1) is 0 Å². The van der Waals surface area contributed by atoms with Crippen molar-refractivity contribution < 1.29 is 4.74 Å². The van der Waals surface area contributed by atoms with E-state index in [-0.39, 0.29) is 0 Å². The minimum absolute atomic E-state index is 0.487. The van der Waals surface area contributed by atoms with E-state index in [2.05, 4.69) is 10.1 Å². The molecular weight excluding hydrogens is 254 g/mol. The highest BCUT2D eigenvalue weighted by atomic mass is 16.5. The number of hydrogen-bond acceptors (Lipinski definition) is 5. The number of nitrogens with zero attached hydrogens (tertiary/aromatic N) is 4. The van der Waals surface area contributed by atoms with Crippen LogP contribution in [0.4, 0.5) is 11.4 Å². The lowest BCUT2D eigenvalue weighted by molar-refractivity contribution is 0.465. The lowest BCUT2D eigenvalue weighted by atomic mass is 10.2. The minimum Gasteiger partial charge on any atom is -0.437 e. The van der Waals surface area contributed by atoms with E-state index in [0.717, 1.165) is 11.3 Å². The monoisotopic (exact) mass is 269 g/mol. The van der Waals surface area contributed by atoms with Gasteiger partial charge in [0.25, 0.3) is 0 Å². The van der Waals surface area contributed by atoms with Gasteiger partial charge in [0.15, 0.2) is 11.4 Å². The summed E-state index contributed by atoms with van der Waals surface area (Å²) < 4.78 is 7.45. The zero-order chi connectivity index (χ0) is 14.1. The number of nitrogens with two attached hydrogens (primary N) is 1. The van der Waals surface area contributed by atoms with Crippen molar-refractivity contribution in [2.24, 2.45) is 0 Å². The summed E-state index contributed by atoms with van der Waals surface area (Å²) >= 11 is 0. The van der Waals surface area contributed by atoms with Crippen molar-refractivity contribution >= 4 is 17.0 Å². The molecule has 2 N–H and O–H groups in total. The van der Waals surface area contributed by atoms with E-state index < -0.39 is 0 Å². The summed E-state index contributed by atoms with van der Waals surface area (Å²) in [7, 11) is 3.93. The molecule has 0 saturated carbocycles. The molecule has 0 saturated heterocycles. The first-order chi connectivity index (χ1) is 9.63. The third kappa shape index (κ3) is 2.23. The molecular formula is C14H15N5O. The normalized spacial score (nSPS) is 10.7. The molecule has 0 spiro atoms. The fourth-order valence-electron chi connectivity index (χ4n) is 1.85. The van der Waals surface area contributed by atoms with Crippen LogP contribution in [0.2, 0.25) is 0 Å². The Morgan fingerprint density at radius 2 is 2.05 bits per heavy atom. The number of ether oxygens (including phenoxy) is 1. The van der Waals surface area contributed by atoms with Gasteiger partial charge in [-0.05, 0) is 12.1 Å². The van der Waals surface area contributed by atoms with Crippen molar-refractivity contribution in [1.82, 2.24) is 14.6 Å². The summed E-state index contributed by atoms with van der Waals surface area (Å²) in [6, 6.07) is 9.21. The molecule has 0 unspecified atom stereocenters. The Morgan fingerprint density at radius 1 is 1.20 bits per heavy atom. The molecule has 0 radical (unpaired) electrons. The SMILES string of the molecule is CN(C)c1ccc(N)c(Oc2ccn3nccc3n2)c1. The summed E-state index contributed by atoms with van der Waals surface area (Å²) in [5, 5.41) is 4.09. The van der Waals surface area contributed by atoms with Gasteiger partial charge in [-0.2, -0.15) is 10.1 Å². The lowest BCUT2D eigenvalue weighted by Gasteiger charge is -2.15. The lowest BCUT2D eigenvalue weighted by Crippen LogP contribution is -2.08. The molecule has 1 aromatic carbocycles. The first-order valence-corrected chi connectivity index (χ1v) is 6.18. The Morgan fingerprint density at radius 3 is 2.85 bits per heavy atom. The molecule has 2 heterocycles. The smallest absolute Gasteiger partial charge is 0.222 e. The summed E-state index contributed by atoms with van der Waals surface area (Å²) in [6.07, 6.45) is 3.48. The van der Waals surface area contributed by atoms with Crippen LogP contribution in [0.25, 0.3) is 5.65 Å². The Kier molecular flexibility index (Phi) is 2.90. The molecule has 2 aromatic heterocycles. The van der Waals surface area contributed by atoms with Crippen LogP contribution in [-0.4, -0.2) is 28.7 Å². The van der Waals surface area contributed by atoms with Crippen molar-refractivity contribution in [3.05, 3.63) is 42.7 Å². The number of anilines is 2. The van der Waals surface area contributed by atoms with Crippen molar-refractivity contribution in [2.75, 3.05) is 24.7 Å².